The Morgan fingerprint density at radius 2 is 2.00 bits per heavy atom. The van der Waals surface area contributed by atoms with Crippen LogP contribution in [-0.2, 0) is 6.54 Å². The number of piperidine rings is 1. The van der Waals surface area contributed by atoms with Crippen molar-refractivity contribution >= 4 is 24.0 Å². The van der Waals surface area contributed by atoms with Crippen LogP contribution in [0.15, 0.2) is 24.3 Å². The molecule has 0 aliphatic carbocycles. The summed E-state index contributed by atoms with van der Waals surface area (Å²) in [6.45, 7) is 4.75. The van der Waals surface area contributed by atoms with Gasteiger partial charge in [0.05, 0.1) is 0 Å². The first kappa shape index (κ1) is 14.1. The monoisotopic (exact) mass is 286 g/mol. The first-order chi connectivity index (χ1) is 8.31. The number of rotatable bonds is 2. The quantitative estimate of drug-likeness (QED) is 0.899. The minimum absolute atomic E-state index is 0. The maximum atomic E-state index is 5.91. The third-order valence-electron chi connectivity index (χ3n) is 4.06. The van der Waals surface area contributed by atoms with Crippen LogP contribution in [0.4, 0.5) is 0 Å². The van der Waals surface area contributed by atoms with E-state index in [9.17, 15) is 0 Å². The second-order valence-electron chi connectivity index (χ2n) is 5.26. The SMILES string of the molecule is Cl.Clc1ccc(CN2CCC3NCCC3C2)cc1. The van der Waals surface area contributed by atoms with Crippen molar-refractivity contribution in [2.75, 3.05) is 19.6 Å². The molecule has 2 fully saturated rings. The average molecular weight is 287 g/mol. The maximum absolute atomic E-state index is 5.91. The highest BCUT2D eigenvalue weighted by atomic mass is 35.5. The number of likely N-dealkylation sites (tertiary alicyclic amines) is 1. The van der Waals surface area contributed by atoms with Gasteiger partial charge in [0.1, 0.15) is 0 Å². The lowest BCUT2D eigenvalue weighted by Gasteiger charge is -2.34. The Bertz CT molecular complexity index is 380. The number of hydrogen-bond acceptors (Lipinski definition) is 2. The molecule has 0 bridgehead atoms. The van der Waals surface area contributed by atoms with E-state index in [0.29, 0.717) is 0 Å². The summed E-state index contributed by atoms with van der Waals surface area (Å²) in [6, 6.07) is 9.04. The largest absolute Gasteiger partial charge is 0.314 e. The molecule has 1 N–H and O–H groups in total. The predicted molar refractivity (Wildman–Crippen MR) is 78.5 cm³/mol. The van der Waals surface area contributed by atoms with E-state index in [-0.39, 0.29) is 12.4 Å². The molecule has 0 amide bonds. The molecule has 0 spiro atoms. The van der Waals surface area contributed by atoms with Crippen molar-refractivity contribution in [1.82, 2.24) is 10.2 Å². The van der Waals surface area contributed by atoms with Gasteiger partial charge in [-0.1, -0.05) is 23.7 Å². The van der Waals surface area contributed by atoms with E-state index < -0.39 is 0 Å². The van der Waals surface area contributed by atoms with Crippen molar-refractivity contribution in [2.24, 2.45) is 5.92 Å². The van der Waals surface area contributed by atoms with Gasteiger partial charge < -0.3 is 5.32 Å². The average Bonchev–Trinajstić information content (AvgIpc) is 2.79. The lowest BCUT2D eigenvalue weighted by Crippen LogP contribution is -2.43. The smallest absolute Gasteiger partial charge is 0.0406 e. The number of fused-ring (bicyclic) bond motifs is 1. The van der Waals surface area contributed by atoms with Gasteiger partial charge in [-0.3, -0.25) is 4.90 Å². The molecule has 2 saturated heterocycles. The van der Waals surface area contributed by atoms with Crippen LogP contribution in [0, 0.1) is 5.92 Å². The molecule has 2 unspecified atom stereocenters. The zero-order valence-electron chi connectivity index (χ0n) is 10.4. The molecule has 2 heterocycles. The van der Waals surface area contributed by atoms with Gasteiger partial charge in [-0.15, -0.1) is 12.4 Å². The highest BCUT2D eigenvalue weighted by Crippen LogP contribution is 2.25. The van der Waals surface area contributed by atoms with Gasteiger partial charge in [0.15, 0.2) is 0 Å². The number of benzene rings is 1. The molecule has 2 aliphatic rings. The molecule has 0 aromatic heterocycles. The van der Waals surface area contributed by atoms with Crippen molar-refractivity contribution in [1.29, 1.82) is 0 Å². The third kappa shape index (κ3) is 3.18. The van der Waals surface area contributed by atoms with Crippen LogP contribution in [0.2, 0.25) is 5.02 Å². The second-order valence-corrected chi connectivity index (χ2v) is 5.70. The minimum atomic E-state index is 0. The van der Waals surface area contributed by atoms with Gasteiger partial charge in [-0.25, -0.2) is 0 Å². The van der Waals surface area contributed by atoms with E-state index in [0.717, 1.165) is 23.5 Å². The number of hydrogen-bond donors (Lipinski definition) is 1. The third-order valence-corrected chi connectivity index (χ3v) is 4.31. The van der Waals surface area contributed by atoms with Crippen molar-refractivity contribution in [3.8, 4) is 0 Å². The second kappa shape index (κ2) is 6.25. The van der Waals surface area contributed by atoms with Gasteiger partial charge in [0.25, 0.3) is 0 Å². The molecule has 1 aromatic carbocycles. The van der Waals surface area contributed by atoms with E-state index in [4.69, 9.17) is 11.6 Å². The van der Waals surface area contributed by atoms with Crippen LogP contribution in [-0.4, -0.2) is 30.6 Å². The Hall–Kier alpha value is -0.280. The first-order valence-corrected chi connectivity index (χ1v) is 6.89. The Labute approximate surface area is 120 Å². The van der Waals surface area contributed by atoms with Gasteiger partial charge in [-0.05, 0) is 49.5 Å². The van der Waals surface area contributed by atoms with Crippen molar-refractivity contribution < 1.29 is 0 Å². The topological polar surface area (TPSA) is 15.3 Å². The fourth-order valence-corrected chi connectivity index (χ4v) is 3.24. The Kier molecular flexibility index (Phi) is 4.91. The molecule has 2 aliphatic heterocycles. The normalized spacial score (nSPS) is 27.6. The first-order valence-electron chi connectivity index (χ1n) is 6.51. The number of nitrogens with one attached hydrogen (secondary N) is 1. The molecular weight excluding hydrogens is 267 g/mol. The highest BCUT2D eigenvalue weighted by molar-refractivity contribution is 6.30. The van der Waals surface area contributed by atoms with Crippen molar-refractivity contribution in [3.05, 3.63) is 34.9 Å². The molecule has 100 valence electrons. The molecule has 3 rings (SSSR count). The van der Waals surface area contributed by atoms with Gasteiger partial charge in [0, 0.05) is 24.2 Å². The Balaban J connectivity index is 0.00000120. The lowest BCUT2D eigenvalue weighted by atomic mass is 9.93. The standard InChI is InChI=1S/C14H19ClN2.ClH/c15-13-3-1-11(2-4-13)9-17-8-6-14-12(10-17)5-7-16-14;/h1-4,12,14,16H,5-10H2;1H. The summed E-state index contributed by atoms with van der Waals surface area (Å²) in [4.78, 5) is 2.58. The zero-order valence-corrected chi connectivity index (χ0v) is 12.0. The number of nitrogens with zero attached hydrogens (tertiary/aromatic N) is 1. The maximum Gasteiger partial charge on any atom is 0.0406 e. The summed E-state index contributed by atoms with van der Waals surface area (Å²) < 4.78 is 0. The van der Waals surface area contributed by atoms with E-state index >= 15 is 0 Å². The Morgan fingerprint density at radius 3 is 2.78 bits per heavy atom. The van der Waals surface area contributed by atoms with Crippen LogP contribution in [0.5, 0.6) is 0 Å². The fourth-order valence-electron chi connectivity index (χ4n) is 3.11. The van der Waals surface area contributed by atoms with Crippen LogP contribution in [0.25, 0.3) is 0 Å². The number of halogens is 2. The summed E-state index contributed by atoms with van der Waals surface area (Å²) in [5.41, 5.74) is 1.37. The molecule has 2 nitrogen and oxygen atoms in total. The van der Waals surface area contributed by atoms with Crippen LogP contribution in [0.3, 0.4) is 0 Å². The summed E-state index contributed by atoms with van der Waals surface area (Å²) >= 11 is 5.91. The molecule has 0 radical (unpaired) electrons. The Morgan fingerprint density at radius 1 is 1.22 bits per heavy atom. The highest BCUT2D eigenvalue weighted by Gasteiger charge is 2.32. The summed E-state index contributed by atoms with van der Waals surface area (Å²) in [6.07, 6.45) is 2.65. The predicted octanol–water partition coefficient (Wildman–Crippen LogP) is 2.95. The van der Waals surface area contributed by atoms with E-state index in [1.807, 2.05) is 12.1 Å². The van der Waals surface area contributed by atoms with Gasteiger partial charge in [0.2, 0.25) is 0 Å². The fraction of sp³-hybridized carbons (Fsp3) is 0.571. The zero-order chi connectivity index (χ0) is 11.7. The van der Waals surface area contributed by atoms with E-state index in [1.165, 1.54) is 38.0 Å². The molecule has 4 heteroatoms. The van der Waals surface area contributed by atoms with Crippen LogP contribution >= 0.6 is 24.0 Å². The van der Waals surface area contributed by atoms with E-state index in [1.54, 1.807) is 0 Å². The van der Waals surface area contributed by atoms with Gasteiger partial charge >= 0.3 is 0 Å². The van der Waals surface area contributed by atoms with Gasteiger partial charge in [-0.2, -0.15) is 0 Å². The van der Waals surface area contributed by atoms with Crippen LogP contribution < -0.4 is 5.32 Å². The summed E-state index contributed by atoms with van der Waals surface area (Å²) in [5.74, 6) is 0.871. The summed E-state index contributed by atoms with van der Waals surface area (Å²) in [7, 11) is 0. The van der Waals surface area contributed by atoms with Crippen molar-refractivity contribution in [3.63, 3.8) is 0 Å². The molecule has 0 saturated carbocycles. The summed E-state index contributed by atoms with van der Waals surface area (Å²) in [5, 5.41) is 4.43. The molecule has 2 atom stereocenters. The molecule has 1 aromatic rings. The van der Waals surface area contributed by atoms with E-state index in [2.05, 4.69) is 22.3 Å². The lowest BCUT2D eigenvalue weighted by molar-refractivity contribution is 0.156. The van der Waals surface area contributed by atoms with Crippen molar-refractivity contribution in [2.45, 2.75) is 25.4 Å². The van der Waals surface area contributed by atoms with Crippen LogP contribution in [0.1, 0.15) is 18.4 Å². The molecule has 18 heavy (non-hydrogen) atoms. The minimum Gasteiger partial charge on any atom is -0.314 e. The molecular formula is C14H20Cl2N2.